The lowest BCUT2D eigenvalue weighted by atomic mass is 10.1. The van der Waals surface area contributed by atoms with Gasteiger partial charge in [0, 0.05) is 13.2 Å². The number of rotatable bonds is 5. The molecule has 2 aromatic heterocycles. The molecule has 0 saturated heterocycles. The second-order valence-electron chi connectivity index (χ2n) is 6.99. The first-order valence-electron chi connectivity index (χ1n) is 9.33. The summed E-state index contributed by atoms with van der Waals surface area (Å²) in [5, 5.41) is 1.08. The van der Waals surface area contributed by atoms with Crippen molar-refractivity contribution in [2.75, 3.05) is 5.75 Å². The molecule has 0 aliphatic rings. The maximum atomic E-state index is 13.4. The molecule has 0 amide bonds. The van der Waals surface area contributed by atoms with Crippen LogP contribution in [0.5, 0.6) is 0 Å². The van der Waals surface area contributed by atoms with Crippen LogP contribution in [0.1, 0.15) is 21.6 Å². The Morgan fingerprint density at radius 2 is 1.83 bits per heavy atom. The first-order valence-corrected chi connectivity index (χ1v) is 10.3. The van der Waals surface area contributed by atoms with Gasteiger partial charge in [0.1, 0.15) is 0 Å². The number of ketones is 1. The number of fused-ring (bicyclic) bond motifs is 1. The highest BCUT2D eigenvalue weighted by atomic mass is 32.2. The predicted octanol–water partition coefficient (Wildman–Crippen LogP) is 4.32. The van der Waals surface area contributed by atoms with Crippen molar-refractivity contribution in [2.45, 2.75) is 19.0 Å². The molecule has 5 nitrogen and oxygen atoms in total. The number of hydrogen-bond acceptors (Lipinski definition) is 4. The fourth-order valence-corrected chi connectivity index (χ4v) is 4.24. The van der Waals surface area contributed by atoms with Crippen LogP contribution in [0.2, 0.25) is 0 Å². The van der Waals surface area contributed by atoms with E-state index in [2.05, 4.69) is 0 Å². The quantitative estimate of drug-likeness (QED) is 0.283. The summed E-state index contributed by atoms with van der Waals surface area (Å²) in [6.45, 7) is 4.01. The van der Waals surface area contributed by atoms with Crippen molar-refractivity contribution in [3.05, 3.63) is 88.0 Å². The van der Waals surface area contributed by atoms with Crippen molar-refractivity contribution in [3.63, 3.8) is 0 Å². The molecule has 0 spiro atoms. The number of hydrogen-bond donors (Lipinski definition) is 0. The van der Waals surface area contributed by atoms with Crippen molar-refractivity contribution < 1.29 is 4.79 Å². The van der Waals surface area contributed by atoms with E-state index in [0.717, 1.165) is 16.8 Å². The normalized spacial score (nSPS) is 11.1. The van der Waals surface area contributed by atoms with E-state index < -0.39 is 0 Å². The topological polar surface area (TPSA) is 56.9 Å². The number of benzene rings is 2. The average Bonchev–Trinajstić information content (AvgIpc) is 3.15. The molecule has 0 saturated carbocycles. The summed E-state index contributed by atoms with van der Waals surface area (Å²) in [4.78, 5) is 30.7. The van der Waals surface area contributed by atoms with E-state index in [4.69, 9.17) is 4.98 Å². The maximum Gasteiger partial charge on any atom is 0.266 e. The smallest absolute Gasteiger partial charge is 0.266 e. The molecule has 29 heavy (non-hydrogen) atoms. The minimum absolute atomic E-state index is 0.00239. The van der Waals surface area contributed by atoms with Crippen molar-refractivity contribution in [1.82, 2.24) is 14.1 Å². The summed E-state index contributed by atoms with van der Waals surface area (Å²) in [5.74, 6) is 0.199. The molecule has 0 N–H and O–H groups in total. The summed E-state index contributed by atoms with van der Waals surface area (Å²) >= 11 is 1.29. The van der Waals surface area contributed by atoms with E-state index in [-0.39, 0.29) is 17.1 Å². The largest absolute Gasteiger partial charge is 0.348 e. The van der Waals surface area contributed by atoms with Crippen LogP contribution in [0, 0.1) is 13.8 Å². The number of aryl methyl sites for hydroxylation is 2. The summed E-state index contributed by atoms with van der Waals surface area (Å²) < 4.78 is 3.43. The van der Waals surface area contributed by atoms with E-state index in [1.807, 2.05) is 69.6 Å². The zero-order chi connectivity index (χ0) is 20.5. The maximum absolute atomic E-state index is 13.4. The summed E-state index contributed by atoms with van der Waals surface area (Å²) in [7, 11) is 1.85. The van der Waals surface area contributed by atoms with Gasteiger partial charge < -0.3 is 4.57 Å². The van der Waals surface area contributed by atoms with Gasteiger partial charge in [0.15, 0.2) is 10.9 Å². The molecule has 0 unspecified atom stereocenters. The van der Waals surface area contributed by atoms with Gasteiger partial charge >= 0.3 is 0 Å². The van der Waals surface area contributed by atoms with Crippen LogP contribution in [0.4, 0.5) is 0 Å². The number of carbonyl (C=O) groups excluding carboxylic acids is 1. The predicted molar refractivity (Wildman–Crippen MR) is 117 cm³/mol. The average molecular weight is 404 g/mol. The van der Waals surface area contributed by atoms with Gasteiger partial charge in [0.05, 0.1) is 28.0 Å². The molecule has 146 valence electrons. The Kier molecular flexibility index (Phi) is 5.11. The number of aromatic nitrogens is 3. The lowest BCUT2D eigenvalue weighted by Crippen LogP contribution is -2.23. The minimum atomic E-state index is -0.127. The van der Waals surface area contributed by atoms with Crippen LogP contribution >= 0.6 is 11.8 Å². The zero-order valence-corrected chi connectivity index (χ0v) is 17.4. The van der Waals surface area contributed by atoms with Crippen molar-refractivity contribution in [3.8, 4) is 5.69 Å². The van der Waals surface area contributed by atoms with E-state index in [9.17, 15) is 9.59 Å². The Bertz CT molecular complexity index is 1290. The third-order valence-corrected chi connectivity index (χ3v) is 6.06. The van der Waals surface area contributed by atoms with Crippen molar-refractivity contribution >= 4 is 28.4 Å². The Morgan fingerprint density at radius 1 is 1.03 bits per heavy atom. The van der Waals surface area contributed by atoms with Gasteiger partial charge in [-0.2, -0.15) is 0 Å². The van der Waals surface area contributed by atoms with Gasteiger partial charge in [-0.1, -0.05) is 36.0 Å². The molecule has 2 aromatic carbocycles. The standard InChI is InChI=1S/C23H21N3O2S/c1-15-8-6-11-19(16(15)2)26-22(28)17-9-4-5-10-18(17)24-23(26)29-14-21(27)20-12-7-13-25(20)3/h4-13H,14H2,1-3H3. The van der Waals surface area contributed by atoms with Gasteiger partial charge in [-0.05, 0) is 55.3 Å². The first-order chi connectivity index (χ1) is 14.0. The molecule has 4 aromatic rings. The van der Waals surface area contributed by atoms with Gasteiger partial charge in [0.2, 0.25) is 0 Å². The molecule has 0 radical (unpaired) electrons. The summed E-state index contributed by atoms with van der Waals surface area (Å²) in [5.41, 5.74) is 4.05. The lowest BCUT2D eigenvalue weighted by Gasteiger charge is -2.16. The number of nitrogens with zero attached hydrogens (tertiary/aromatic N) is 3. The van der Waals surface area contributed by atoms with Crippen LogP contribution in [-0.4, -0.2) is 25.7 Å². The van der Waals surface area contributed by atoms with Gasteiger partial charge in [0.25, 0.3) is 5.56 Å². The molecule has 0 bridgehead atoms. The van der Waals surface area contributed by atoms with Crippen molar-refractivity contribution in [2.24, 2.45) is 7.05 Å². The molecule has 0 fully saturated rings. The van der Waals surface area contributed by atoms with E-state index in [1.165, 1.54) is 11.8 Å². The Hall–Kier alpha value is -3.12. The highest BCUT2D eigenvalue weighted by Gasteiger charge is 2.17. The number of thioether (sulfide) groups is 1. The SMILES string of the molecule is Cc1cccc(-n2c(SCC(=O)c3cccn3C)nc3ccccc3c2=O)c1C. The molecule has 6 heteroatoms. The molecule has 2 heterocycles. The summed E-state index contributed by atoms with van der Waals surface area (Å²) in [6, 6.07) is 16.8. The van der Waals surface area contributed by atoms with E-state index in [1.54, 1.807) is 21.3 Å². The Morgan fingerprint density at radius 3 is 2.59 bits per heavy atom. The monoisotopic (exact) mass is 403 g/mol. The summed E-state index contributed by atoms with van der Waals surface area (Å²) in [6.07, 6.45) is 1.85. The van der Waals surface area contributed by atoms with Gasteiger partial charge in [-0.25, -0.2) is 4.98 Å². The molecule has 0 aliphatic carbocycles. The Labute approximate surface area is 173 Å². The Balaban J connectivity index is 1.84. The molecule has 0 atom stereocenters. The molecular formula is C23H21N3O2S. The highest BCUT2D eigenvalue weighted by molar-refractivity contribution is 7.99. The number of carbonyl (C=O) groups is 1. The zero-order valence-electron chi connectivity index (χ0n) is 16.5. The minimum Gasteiger partial charge on any atom is -0.348 e. The van der Waals surface area contributed by atoms with E-state index in [0.29, 0.717) is 21.8 Å². The number of para-hydroxylation sites is 1. The first kappa shape index (κ1) is 19.2. The second-order valence-corrected chi connectivity index (χ2v) is 7.93. The van der Waals surface area contributed by atoms with Gasteiger partial charge in [-0.15, -0.1) is 0 Å². The van der Waals surface area contributed by atoms with Crippen LogP contribution in [0.15, 0.2) is 70.7 Å². The van der Waals surface area contributed by atoms with Crippen LogP contribution < -0.4 is 5.56 Å². The second kappa shape index (κ2) is 7.72. The van der Waals surface area contributed by atoms with E-state index >= 15 is 0 Å². The third-order valence-electron chi connectivity index (χ3n) is 5.12. The van der Waals surface area contributed by atoms with Crippen LogP contribution in [0.25, 0.3) is 16.6 Å². The fourth-order valence-electron chi connectivity index (χ4n) is 3.35. The van der Waals surface area contributed by atoms with Crippen molar-refractivity contribution in [1.29, 1.82) is 0 Å². The lowest BCUT2D eigenvalue weighted by molar-refractivity contribution is 0.101. The van der Waals surface area contributed by atoms with Crippen LogP contribution in [-0.2, 0) is 7.05 Å². The molecular weight excluding hydrogens is 382 g/mol. The van der Waals surface area contributed by atoms with Gasteiger partial charge in [-0.3, -0.25) is 14.2 Å². The highest BCUT2D eigenvalue weighted by Crippen LogP contribution is 2.25. The number of Topliss-reactive ketones (excluding diaryl/α,β-unsaturated/α-hetero) is 1. The fraction of sp³-hybridized carbons (Fsp3) is 0.174. The third kappa shape index (κ3) is 3.51. The molecule has 4 rings (SSSR count). The van der Waals surface area contributed by atoms with Crippen LogP contribution in [0.3, 0.4) is 0 Å². The molecule has 0 aliphatic heterocycles.